The van der Waals surface area contributed by atoms with Gasteiger partial charge in [-0.25, -0.2) is 0 Å². The van der Waals surface area contributed by atoms with Crippen LogP contribution in [0.1, 0.15) is 37.7 Å². The first-order valence-corrected chi connectivity index (χ1v) is 12.1. The van der Waals surface area contributed by atoms with Crippen molar-refractivity contribution in [3.05, 3.63) is 48.1 Å². The van der Waals surface area contributed by atoms with Gasteiger partial charge in [-0.15, -0.1) is 0 Å². The molecule has 31 heavy (non-hydrogen) atoms. The minimum atomic E-state index is -0.0718. The molecule has 0 aromatic heterocycles. The van der Waals surface area contributed by atoms with E-state index in [1.165, 1.54) is 44.8 Å². The molecule has 164 valence electrons. The highest BCUT2D eigenvalue weighted by atomic mass is 16.7. The maximum atomic E-state index is 12.3. The van der Waals surface area contributed by atoms with Crippen molar-refractivity contribution in [3.63, 3.8) is 0 Å². The number of allylic oxidation sites excluding steroid dienone is 3. The molecule has 1 aliphatic heterocycles. The van der Waals surface area contributed by atoms with Crippen molar-refractivity contribution in [3.8, 4) is 11.5 Å². The van der Waals surface area contributed by atoms with Crippen LogP contribution in [0.25, 0.3) is 0 Å². The molecule has 0 spiro atoms. The summed E-state index contributed by atoms with van der Waals surface area (Å²) in [6, 6.07) is 6.34. The van der Waals surface area contributed by atoms with Crippen LogP contribution in [0.5, 0.6) is 11.5 Å². The summed E-state index contributed by atoms with van der Waals surface area (Å²) in [7, 11) is 1.51. The Morgan fingerprint density at radius 1 is 1.00 bits per heavy atom. The van der Waals surface area contributed by atoms with Gasteiger partial charge in [-0.2, -0.15) is 0 Å². The standard InChI is InChI=1S/C27H32O4/c1-29-27(28)21-9-8-17-14-22-18(19-10-11-20(21)25(17)26(19)22)6-4-2-3-5-16-7-12-23-24(13-16)31-15-30-23/h7-13,17-22,25-26H,2-6,14-15H2,1H3/t17-,18+,19+,20+,21+,22-,25+,26+/m0/s1. The van der Waals surface area contributed by atoms with Gasteiger partial charge in [0, 0.05) is 0 Å². The molecule has 2 saturated carbocycles. The fourth-order valence-corrected chi connectivity index (χ4v) is 7.54. The molecule has 0 amide bonds. The van der Waals surface area contributed by atoms with Crippen molar-refractivity contribution >= 4 is 5.97 Å². The van der Waals surface area contributed by atoms with E-state index in [0.29, 0.717) is 24.5 Å². The third-order valence-corrected chi connectivity index (χ3v) is 8.86. The number of esters is 1. The van der Waals surface area contributed by atoms with Gasteiger partial charge in [0.05, 0.1) is 13.0 Å². The van der Waals surface area contributed by atoms with Gasteiger partial charge in [0.25, 0.3) is 0 Å². The predicted molar refractivity (Wildman–Crippen MR) is 118 cm³/mol. The highest BCUT2D eigenvalue weighted by molar-refractivity contribution is 5.75. The molecule has 1 aromatic rings. The van der Waals surface area contributed by atoms with Crippen LogP contribution in [-0.2, 0) is 16.0 Å². The zero-order chi connectivity index (χ0) is 20.9. The van der Waals surface area contributed by atoms with Crippen LogP contribution >= 0.6 is 0 Å². The fraction of sp³-hybridized carbons (Fsp3) is 0.593. The normalized spacial score (nSPS) is 38.0. The SMILES string of the molecule is COC(=O)[C@@H]1C=C[C@H]2C[C@H]3[C@H](CCCCCc4ccc5c(c4)OCO5)[C@H]4C=C[C@H]1[C@@H]2[C@H]43. The van der Waals surface area contributed by atoms with Crippen LogP contribution in [-0.4, -0.2) is 19.9 Å². The van der Waals surface area contributed by atoms with E-state index in [1.54, 1.807) is 0 Å². The number of hydrogen-bond donors (Lipinski definition) is 0. The molecule has 1 heterocycles. The Kier molecular flexibility index (Phi) is 4.85. The zero-order valence-corrected chi connectivity index (χ0v) is 18.2. The third-order valence-electron chi connectivity index (χ3n) is 8.86. The number of unbranched alkanes of at least 4 members (excludes halogenated alkanes) is 2. The number of fused-ring (bicyclic) bond motifs is 1. The highest BCUT2D eigenvalue weighted by Gasteiger charge is 2.62. The minimum absolute atomic E-state index is 0.0652. The lowest BCUT2D eigenvalue weighted by Gasteiger charge is -2.54. The molecule has 6 rings (SSSR count). The third kappa shape index (κ3) is 3.13. The van der Waals surface area contributed by atoms with E-state index in [9.17, 15) is 4.79 Å². The molecule has 0 radical (unpaired) electrons. The molecular formula is C27H32O4. The molecule has 1 aromatic carbocycles. The van der Waals surface area contributed by atoms with Crippen LogP contribution in [0, 0.1) is 47.3 Å². The molecule has 8 atom stereocenters. The molecule has 4 heteroatoms. The molecule has 0 N–H and O–H groups in total. The predicted octanol–water partition coefficient (Wildman–Crippen LogP) is 5.18. The Balaban J connectivity index is 1.02. The van der Waals surface area contributed by atoms with Crippen LogP contribution < -0.4 is 9.47 Å². The second kappa shape index (κ2) is 7.72. The van der Waals surface area contributed by atoms with Gasteiger partial charge in [-0.1, -0.05) is 43.2 Å². The van der Waals surface area contributed by atoms with Crippen molar-refractivity contribution in [2.45, 2.75) is 38.5 Å². The van der Waals surface area contributed by atoms with E-state index in [1.807, 2.05) is 6.07 Å². The molecule has 2 fully saturated rings. The highest BCUT2D eigenvalue weighted by Crippen LogP contribution is 2.67. The Bertz CT molecular complexity index is 918. The topological polar surface area (TPSA) is 44.8 Å². The van der Waals surface area contributed by atoms with Gasteiger partial charge < -0.3 is 14.2 Å². The number of carbonyl (C=O) groups excluding carboxylic acids is 1. The van der Waals surface area contributed by atoms with E-state index in [0.717, 1.165) is 41.6 Å². The summed E-state index contributed by atoms with van der Waals surface area (Å²) in [5, 5.41) is 0. The van der Waals surface area contributed by atoms with Crippen molar-refractivity contribution in [2.24, 2.45) is 47.3 Å². The van der Waals surface area contributed by atoms with E-state index in [-0.39, 0.29) is 11.9 Å². The van der Waals surface area contributed by atoms with E-state index in [4.69, 9.17) is 14.2 Å². The Labute approximate surface area is 184 Å². The van der Waals surface area contributed by atoms with Crippen LogP contribution in [0.4, 0.5) is 0 Å². The Morgan fingerprint density at radius 3 is 2.77 bits per heavy atom. The second-order valence-electron chi connectivity index (χ2n) is 10.1. The fourth-order valence-electron chi connectivity index (χ4n) is 7.54. The van der Waals surface area contributed by atoms with Gasteiger partial charge in [0.1, 0.15) is 0 Å². The summed E-state index contributed by atoms with van der Waals surface area (Å²) in [5.74, 6) is 6.58. The van der Waals surface area contributed by atoms with E-state index < -0.39 is 0 Å². The van der Waals surface area contributed by atoms with Gasteiger partial charge >= 0.3 is 5.97 Å². The summed E-state index contributed by atoms with van der Waals surface area (Å²) >= 11 is 0. The van der Waals surface area contributed by atoms with Crippen LogP contribution in [0.2, 0.25) is 0 Å². The van der Waals surface area contributed by atoms with Crippen molar-refractivity contribution in [1.29, 1.82) is 0 Å². The second-order valence-corrected chi connectivity index (χ2v) is 10.1. The lowest BCUT2D eigenvalue weighted by molar-refractivity contribution is -0.146. The van der Waals surface area contributed by atoms with Gasteiger partial charge in [0.2, 0.25) is 6.79 Å². The maximum absolute atomic E-state index is 12.3. The Morgan fingerprint density at radius 2 is 1.87 bits per heavy atom. The number of carbonyl (C=O) groups is 1. The number of rotatable bonds is 7. The quantitative estimate of drug-likeness (QED) is 0.346. The largest absolute Gasteiger partial charge is 0.469 e. The smallest absolute Gasteiger partial charge is 0.313 e. The molecule has 4 aliphatic carbocycles. The van der Waals surface area contributed by atoms with Crippen molar-refractivity contribution < 1.29 is 19.0 Å². The van der Waals surface area contributed by atoms with Crippen LogP contribution in [0.3, 0.4) is 0 Å². The number of benzene rings is 1. The summed E-state index contributed by atoms with van der Waals surface area (Å²) in [6.45, 7) is 0.347. The van der Waals surface area contributed by atoms with Gasteiger partial charge in [-0.3, -0.25) is 4.79 Å². The lowest BCUT2D eigenvalue weighted by atomic mass is 9.50. The maximum Gasteiger partial charge on any atom is 0.313 e. The molecular weight excluding hydrogens is 388 g/mol. The average Bonchev–Trinajstić information content (AvgIpc) is 3.39. The molecule has 0 bridgehead atoms. The van der Waals surface area contributed by atoms with Crippen LogP contribution in [0.15, 0.2) is 42.5 Å². The average molecular weight is 421 g/mol. The first-order valence-electron chi connectivity index (χ1n) is 12.1. The summed E-state index contributed by atoms with van der Waals surface area (Å²) in [5.41, 5.74) is 1.35. The number of ether oxygens (including phenoxy) is 3. The lowest BCUT2D eigenvalue weighted by Crippen LogP contribution is -2.50. The monoisotopic (exact) mass is 420 g/mol. The van der Waals surface area contributed by atoms with E-state index >= 15 is 0 Å². The summed E-state index contributed by atoms with van der Waals surface area (Å²) in [6.07, 6.45) is 17.0. The van der Waals surface area contributed by atoms with Gasteiger partial charge in [-0.05, 0) is 84.8 Å². The first-order chi connectivity index (χ1) is 15.2. The van der Waals surface area contributed by atoms with Crippen molar-refractivity contribution in [1.82, 2.24) is 0 Å². The number of methoxy groups -OCH3 is 1. The van der Waals surface area contributed by atoms with Crippen molar-refractivity contribution in [2.75, 3.05) is 13.9 Å². The molecule has 0 unspecified atom stereocenters. The molecule has 5 aliphatic rings. The minimum Gasteiger partial charge on any atom is -0.469 e. The summed E-state index contributed by atoms with van der Waals surface area (Å²) in [4.78, 5) is 12.3. The van der Waals surface area contributed by atoms with Gasteiger partial charge in [0.15, 0.2) is 11.5 Å². The van der Waals surface area contributed by atoms with E-state index in [2.05, 4.69) is 36.4 Å². The zero-order valence-electron chi connectivity index (χ0n) is 18.2. The number of hydrogen-bond acceptors (Lipinski definition) is 4. The molecule has 4 nitrogen and oxygen atoms in total. The number of aryl methyl sites for hydroxylation is 1. The molecule has 0 saturated heterocycles. The first kappa shape index (κ1) is 19.5. The Hall–Kier alpha value is -2.23. The summed E-state index contributed by atoms with van der Waals surface area (Å²) < 4.78 is 16.0.